The van der Waals surface area contributed by atoms with Crippen LogP contribution in [-0.4, -0.2) is 46.1 Å². The molecule has 2 aromatic carbocycles. The second-order valence-electron chi connectivity index (χ2n) is 6.49. The van der Waals surface area contributed by atoms with Crippen molar-refractivity contribution in [2.24, 2.45) is 0 Å². The van der Waals surface area contributed by atoms with Gasteiger partial charge in [-0.3, -0.25) is 14.2 Å². The predicted octanol–water partition coefficient (Wildman–Crippen LogP) is 3.19. The minimum atomic E-state index is -0.527. The van der Waals surface area contributed by atoms with Crippen LogP contribution in [0.15, 0.2) is 53.9 Å². The molecule has 1 aromatic heterocycles. The molecule has 0 radical (unpaired) electrons. The number of methoxy groups -OCH3 is 1. The van der Waals surface area contributed by atoms with E-state index in [9.17, 15) is 9.59 Å². The van der Waals surface area contributed by atoms with E-state index in [-0.39, 0.29) is 18.3 Å². The number of carbonyl (C=O) groups is 2. The predicted molar refractivity (Wildman–Crippen MR) is 118 cm³/mol. The normalized spacial score (nSPS) is 10.5. The largest absolute Gasteiger partial charge is 0.497 e. The summed E-state index contributed by atoms with van der Waals surface area (Å²) in [4.78, 5) is 23.9. The first-order valence-corrected chi connectivity index (χ1v) is 10.7. The van der Waals surface area contributed by atoms with E-state index in [0.29, 0.717) is 16.7 Å². The highest BCUT2D eigenvalue weighted by Gasteiger charge is 2.13. The molecule has 8 nitrogen and oxygen atoms in total. The third kappa shape index (κ3) is 6.47. The van der Waals surface area contributed by atoms with Crippen LogP contribution in [0.4, 0.5) is 0 Å². The highest BCUT2D eigenvalue weighted by atomic mass is 35.5. The quantitative estimate of drug-likeness (QED) is 0.387. The molecule has 0 saturated heterocycles. The van der Waals surface area contributed by atoms with E-state index in [4.69, 9.17) is 21.1 Å². The lowest BCUT2D eigenvalue weighted by atomic mass is 10.2. The minimum absolute atomic E-state index is 0.00987. The van der Waals surface area contributed by atoms with Crippen molar-refractivity contribution >= 4 is 35.2 Å². The number of esters is 1. The Balaban J connectivity index is 1.43. The Morgan fingerprint density at radius 3 is 2.68 bits per heavy atom. The van der Waals surface area contributed by atoms with Gasteiger partial charge in [-0.1, -0.05) is 41.6 Å². The summed E-state index contributed by atoms with van der Waals surface area (Å²) >= 11 is 7.34. The lowest BCUT2D eigenvalue weighted by molar-refractivity contribution is -0.145. The number of amides is 1. The fraction of sp³-hybridized carbons (Fsp3) is 0.238. The van der Waals surface area contributed by atoms with E-state index in [1.165, 1.54) is 0 Å². The summed E-state index contributed by atoms with van der Waals surface area (Å²) in [5, 5.41) is 11.8. The summed E-state index contributed by atoms with van der Waals surface area (Å²) in [5.41, 5.74) is 2.66. The zero-order chi connectivity index (χ0) is 22.2. The first-order valence-electron chi connectivity index (χ1n) is 9.31. The molecule has 0 aliphatic carbocycles. The molecular weight excluding hydrogens is 440 g/mol. The number of aromatic nitrogens is 3. The molecule has 162 valence electrons. The van der Waals surface area contributed by atoms with E-state index in [2.05, 4.69) is 15.5 Å². The summed E-state index contributed by atoms with van der Waals surface area (Å²) in [6.07, 6.45) is 1.54. The second-order valence-corrected chi connectivity index (χ2v) is 7.84. The van der Waals surface area contributed by atoms with Crippen molar-refractivity contribution in [1.29, 1.82) is 0 Å². The van der Waals surface area contributed by atoms with Crippen LogP contribution in [0.2, 0.25) is 5.02 Å². The van der Waals surface area contributed by atoms with Gasteiger partial charge < -0.3 is 14.8 Å². The van der Waals surface area contributed by atoms with E-state index in [1.807, 2.05) is 43.3 Å². The van der Waals surface area contributed by atoms with Gasteiger partial charge in [0.15, 0.2) is 11.8 Å². The zero-order valence-electron chi connectivity index (χ0n) is 17.0. The molecule has 1 heterocycles. The number of hydrogen-bond donors (Lipinski definition) is 1. The van der Waals surface area contributed by atoms with Crippen LogP contribution < -0.4 is 10.1 Å². The van der Waals surface area contributed by atoms with Gasteiger partial charge in [0.25, 0.3) is 5.91 Å². The van der Waals surface area contributed by atoms with Crippen molar-refractivity contribution in [3.05, 3.63) is 64.9 Å². The van der Waals surface area contributed by atoms with Gasteiger partial charge in [-0.15, -0.1) is 10.2 Å². The van der Waals surface area contributed by atoms with E-state index < -0.39 is 5.97 Å². The number of nitrogens with zero attached hydrogens (tertiary/aromatic N) is 3. The average Bonchev–Trinajstić information content (AvgIpc) is 3.25. The summed E-state index contributed by atoms with van der Waals surface area (Å²) in [6, 6.07) is 12.9. The molecule has 1 N–H and O–H groups in total. The molecule has 0 saturated carbocycles. The van der Waals surface area contributed by atoms with Crippen molar-refractivity contribution in [1.82, 2.24) is 20.1 Å². The van der Waals surface area contributed by atoms with Crippen molar-refractivity contribution < 1.29 is 19.1 Å². The van der Waals surface area contributed by atoms with Gasteiger partial charge in [0, 0.05) is 11.6 Å². The Kier molecular flexibility index (Phi) is 7.91. The summed E-state index contributed by atoms with van der Waals surface area (Å²) in [7, 11) is 1.59. The topological polar surface area (TPSA) is 95.3 Å². The molecule has 31 heavy (non-hydrogen) atoms. The van der Waals surface area contributed by atoms with Crippen LogP contribution in [0.3, 0.4) is 0 Å². The van der Waals surface area contributed by atoms with Crippen molar-refractivity contribution in [2.75, 3.05) is 19.5 Å². The zero-order valence-corrected chi connectivity index (χ0v) is 18.6. The summed E-state index contributed by atoms with van der Waals surface area (Å²) in [6.45, 7) is 1.89. The fourth-order valence-corrected chi connectivity index (χ4v) is 3.44. The van der Waals surface area contributed by atoms with E-state index in [1.54, 1.807) is 24.1 Å². The van der Waals surface area contributed by atoms with Crippen LogP contribution in [0.25, 0.3) is 5.69 Å². The van der Waals surface area contributed by atoms with Gasteiger partial charge in [-0.25, -0.2) is 0 Å². The van der Waals surface area contributed by atoms with Crippen molar-refractivity contribution in [3.63, 3.8) is 0 Å². The first-order chi connectivity index (χ1) is 15.0. The van der Waals surface area contributed by atoms with Gasteiger partial charge in [-0.05, 0) is 42.3 Å². The Morgan fingerprint density at radius 1 is 1.19 bits per heavy atom. The number of halogens is 1. The number of rotatable bonds is 9. The van der Waals surface area contributed by atoms with Crippen LogP contribution in [0.5, 0.6) is 5.75 Å². The third-order valence-corrected chi connectivity index (χ3v) is 5.61. The molecule has 0 bridgehead atoms. The van der Waals surface area contributed by atoms with Crippen LogP contribution in [0.1, 0.15) is 11.1 Å². The van der Waals surface area contributed by atoms with Gasteiger partial charge in [0.1, 0.15) is 12.1 Å². The van der Waals surface area contributed by atoms with Crippen LogP contribution in [-0.2, 0) is 20.9 Å². The Morgan fingerprint density at radius 2 is 1.97 bits per heavy atom. The molecule has 3 rings (SSSR count). The van der Waals surface area contributed by atoms with Crippen molar-refractivity contribution in [3.8, 4) is 11.4 Å². The SMILES string of the molecule is COc1ccc(CNC(=O)COC(=O)CSc2nncn2-c2ccc(C)c(Cl)c2)cc1. The maximum absolute atomic E-state index is 12.0. The molecule has 0 fully saturated rings. The lowest BCUT2D eigenvalue weighted by Crippen LogP contribution is -2.28. The van der Waals surface area contributed by atoms with Gasteiger partial charge in [0.2, 0.25) is 0 Å². The van der Waals surface area contributed by atoms with Gasteiger partial charge >= 0.3 is 5.97 Å². The third-order valence-electron chi connectivity index (χ3n) is 4.28. The number of benzene rings is 2. The molecule has 0 atom stereocenters. The number of carbonyl (C=O) groups excluding carboxylic acids is 2. The standard InChI is InChI=1S/C21H21ClN4O4S/c1-14-3-6-16(9-18(14)22)26-13-24-25-21(26)31-12-20(28)30-11-19(27)23-10-15-4-7-17(29-2)8-5-15/h3-9,13H,10-12H2,1-2H3,(H,23,27). The molecule has 1 amide bonds. The fourth-order valence-electron chi connectivity index (χ4n) is 2.54. The monoisotopic (exact) mass is 460 g/mol. The number of ether oxygens (including phenoxy) is 2. The Bertz CT molecular complexity index is 1060. The number of nitrogens with one attached hydrogen (secondary N) is 1. The number of hydrogen-bond acceptors (Lipinski definition) is 7. The summed E-state index contributed by atoms with van der Waals surface area (Å²) in [5.74, 6) is -0.181. The highest BCUT2D eigenvalue weighted by molar-refractivity contribution is 7.99. The highest BCUT2D eigenvalue weighted by Crippen LogP contribution is 2.23. The maximum Gasteiger partial charge on any atom is 0.316 e. The Hall–Kier alpha value is -3.04. The maximum atomic E-state index is 12.0. The van der Waals surface area contributed by atoms with Crippen molar-refractivity contribution in [2.45, 2.75) is 18.6 Å². The average molecular weight is 461 g/mol. The minimum Gasteiger partial charge on any atom is -0.497 e. The summed E-state index contributed by atoms with van der Waals surface area (Å²) < 4.78 is 11.9. The van der Waals surface area contributed by atoms with Crippen LogP contribution >= 0.6 is 23.4 Å². The second kappa shape index (κ2) is 10.8. The lowest BCUT2D eigenvalue weighted by Gasteiger charge is -2.09. The molecule has 0 spiro atoms. The van der Waals surface area contributed by atoms with E-state index in [0.717, 1.165) is 34.3 Å². The molecule has 3 aromatic rings. The molecule has 0 aliphatic heterocycles. The molecule has 0 unspecified atom stereocenters. The van der Waals surface area contributed by atoms with Crippen LogP contribution in [0, 0.1) is 6.92 Å². The first kappa shape index (κ1) is 22.6. The molecular formula is C21H21ClN4O4S. The Labute approximate surface area is 188 Å². The van der Waals surface area contributed by atoms with E-state index >= 15 is 0 Å². The van der Waals surface area contributed by atoms with Gasteiger partial charge in [-0.2, -0.15) is 0 Å². The number of thioether (sulfide) groups is 1. The smallest absolute Gasteiger partial charge is 0.316 e. The number of aryl methyl sites for hydroxylation is 1. The molecule has 10 heteroatoms. The van der Waals surface area contributed by atoms with Gasteiger partial charge in [0.05, 0.1) is 18.6 Å². The molecule has 0 aliphatic rings.